The standard InChI is InChI=1S/C17H17BrClNO/c1-2-6-16(12-7-4-3-5-8-12)20-17(21)14-10-9-13(19)11-15(14)18/h3-5,7-11,16H,2,6H2,1H3,(H,20,21). The Labute approximate surface area is 138 Å². The molecule has 0 aliphatic carbocycles. The maximum absolute atomic E-state index is 12.5. The highest BCUT2D eigenvalue weighted by molar-refractivity contribution is 9.10. The van der Waals surface area contributed by atoms with Crippen molar-refractivity contribution < 1.29 is 4.79 Å². The monoisotopic (exact) mass is 365 g/mol. The van der Waals surface area contributed by atoms with Gasteiger partial charge in [-0.05, 0) is 46.1 Å². The van der Waals surface area contributed by atoms with Crippen LogP contribution in [-0.4, -0.2) is 5.91 Å². The Morgan fingerprint density at radius 3 is 2.57 bits per heavy atom. The molecule has 2 aromatic rings. The van der Waals surface area contributed by atoms with Gasteiger partial charge in [0.1, 0.15) is 0 Å². The van der Waals surface area contributed by atoms with E-state index in [1.807, 2.05) is 30.3 Å². The van der Waals surface area contributed by atoms with Crippen molar-refractivity contribution in [1.29, 1.82) is 0 Å². The summed E-state index contributed by atoms with van der Waals surface area (Å²) in [5, 5.41) is 3.70. The second-order valence-corrected chi connectivity index (χ2v) is 6.14. The molecular formula is C17H17BrClNO. The topological polar surface area (TPSA) is 29.1 Å². The van der Waals surface area contributed by atoms with Gasteiger partial charge in [-0.2, -0.15) is 0 Å². The van der Waals surface area contributed by atoms with Gasteiger partial charge >= 0.3 is 0 Å². The average Bonchev–Trinajstić information content (AvgIpc) is 2.47. The van der Waals surface area contributed by atoms with Crippen LogP contribution in [0, 0.1) is 0 Å². The number of amides is 1. The van der Waals surface area contributed by atoms with Gasteiger partial charge in [0.25, 0.3) is 5.91 Å². The second-order valence-electron chi connectivity index (χ2n) is 4.85. The summed E-state index contributed by atoms with van der Waals surface area (Å²) in [6, 6.07) is 15.2. The lowest BCUT2D eigenvalue weighted by Gasteiger charge is -2.19. The van der Waals surface area contributed by atoms with Gasteiger partial charge in [-0.15, -0.1) is 0 Å². The molecule has 1 N–H and O–H groups in total. The molecule has 2 nitrogen and oxygen atoms in total. The smallest absolute Gasteiger partial charge is 0.252 e. The fraction of sp³-hybridized carbons (Fsp3) is 0.235. The molecule has 110 valence electrons. The zero-order valence-electron chi connectivity index (χ0n) is 11.8. The highest BCUT2D eigenvalue weighted by atomic mass is 79.9. The predicted octanol–water partition coefficient (Wildman–Crippen LogP) is 5.37. The van der Waals surface area contributed by atoms with E-state index in [1.165, 1.54) is 0 Å². The normalized spacial score (nSPS) is 12.0. The average molecular weight is 367 g/mol. The van der Waals surface area contributed by atoms with Gasteiger partial charge in [0, 0.05) is 9.50 Å². The molecule has 1 atom stereocenters. The Hall–Kier alpha value is -1.32. The van der Waals surface area contributed by atoms with Crippen LogP contribution in [-0.2, 0) is 0 Å². The van der Waals surface area contributed by atoms with E-state index < -0.39 is 0 Å². The maximum Gasteiger partial charge on any atom is 0.252 e. The third-order valence-electron chi connectivity index (χ3n) is 3.26. The molecule has 0 fully saturated rings. The molecule has 21 heavy (non-hydrogen) atoms. The van der Waals surface area contributed by atoms with Crippen molar-refractivity contribution in [3.05, 3.63) is 69.2 Å². The number of rotatable bonds is 5. The summed E-state index contributed by atoms with van der Waals surface area (Å²) in [4.78, 5) is 12.5. The molecule has 0 saturated heterocycles. The van der Waals surface area contributed by atoms with Crippen LogP contribution in [0.5, 0.6) is 0 Å². The first kappa shape index (κ1) is 16.1. The summed E-state index contributed by atoms with van der Waals surface area (Å²) in [7, 11) is 0. The van der Waals surface area contributed by atoms with Crippen molar-refractivity contribution in [3.63, 3.8) is 0 Å². The van der Waals surface area contributed by atoms with Gasteiger partial charge < -0.3 is 5.32 Å². The minimum atomic E-state index is -0.0964. The third-order valence-corrected chi connectivity index (χ3v) is 4.15. The van der Waals surface area contributed by atoms with E-state index in [4.69, 9.17) is 11.6 Å². The van der Waals surface area contributed by atoms with Crippen LogP contribution in [0.3, 0.4) is 0 Å². The quantitative estimate of drug-likeness (QED) is 0.757. The van der Waals surface area contributed by atoms with Gasteiger partial charge in [0.15, 0.2) is 0 Å². The first-order valence-electron chi connectivity index (χ1n) is 6.92. The molecule has 0 heterocycles. The fourth-order valence-electron chi connectivity index (χ4n) is 2.21. The van der Waals surface area contributed by atoms with Crippen LogP contribution >= 0.6 is 27.5 Å². The van der Waals surface area contributed by atoms with E-state index in [2.05, 4.69) is 28.2 Å². The summed E-state index contributed by atoms with van der Waals surface area (Å²) in [5.74, 6) is -0.0964. The molecule has 0 saturated carbocycles. The number of hydrogen-bond donors (Lipinski definition) is 1. The maximum atomic E-state index is 12.5. The first-order chi connectivity index (χ1) is 10.1. The van der Waals surface area contributed by atoms with Crippen molar-refractivity contribution in [1.82, 2.24) is 5.32 Å². The van der Waals surface area contributed by atoms with E-state index in [1.54, 1.807) is 18.2 Å². The first-order valence-corrected chi connectivity index (χ1v) is 8.09. The minimum absolute atomic E-state index is 0.0197. The molecule has 0 aliphatic heterocycles. The Kier molecular flexibility index (Phi) is 5.83. The summed E-state index contributed by atoms with van der Waals surface area (Å²) in [5.41, 5.74) is 1.72. The Morgan fingerprint density at radius 2 is 1.95 bits per heavy atom. The van der Waals surface area contributed by atoms with Crippen LogP contribution in [0.25, 0.3) is 0 Å². The Morgan fingerprint density at radius 1 is 1.24 bits per heavy atom. The van der Waals surface area contributed by atoms with Gasteiger partial charge in [0.05, 0.1) is 11.6 Å². The van der Waals surface area contributed by atoms with Gasteiger partial charge in [-0.3, -0.25) is 4.79 Å². The van der Waals surface area contributed by atoms with Crippen molar-refractivity contribution >= 4 is 33.4 Å². The lowest BCUT2D eigenvalue weighted by Crippen LogP contribution is -2.28. The van der Waals surface area contributed by atoms with Gasteiger partial charge in [-0.1, -0.05) is 55.3 Å². The van der Waals surface area contributed by atoms with E-state index in [9.17, 15) is 4.79 Å². The third kappa shape index (κ3) is 4.32. The molecule has 0 aliphatic rings. The van der Waals surface area contributed by atoms with Crippen molar-refractivity contribution in [2.75, 3.05) is 0 Å². The molecule has 0 radical (unpaired) electrons. The fourth-order valence-corrected chi connectivity index (χ4v) is 3.07. The summed E-state index contributed by atoms with van der Waals surface area (Å²) in [6.07, 6.45) is 1.91. The molecule has 0 spiro atoms. The highest BCUT2D eigenvalue weighted by Crippen LogP contribution is 2.24. The molecule has 1 unspecified atom stereocenters. The van der Waals surface area contributed by atoms with Gasteiger partial charge in [-0.25, -0.2) is 0 Å². The van der Waals surface area contributed by atoms with Gasteiger partial charge in [0.2, 0.25) is 0 Å². The van der Waals surface area contributed by atoms with Crippen LogP contribution in [0.15, 0.2) is 53.0 Å². The Bertz CT molecular complexity index is 615. The van der Waals surface area contributed by atoms with Crippen LogP contribution < -0.4 is 5.32 Å². The summed E-state index contributed by atoms with van der Waals surface area (Å²) in [6.45, 7) is 2.11. The van der Waals surface area contributed by atoms with Crippen LogP contribution in [0.1, 0.15) is 41.7 Å². The molecule has 1 amide bonds. The molecule has 2 aromatic carbocycles. The van der Waals surface area contributed by atoms with E-state index in [0.29, 0.717) is 15.1 Å². The van der Waals surface area contributed by atoms with Crippen LogP contribution in [0.2, 0.25) is 5.02 Å². The SMILES string of the molecule is CCCC(NC(=O)c1ccc(Cl)cc1Br)c1ccccc1. The number of carbonyl (C=O) groups excluding carboxylic acids is 1. The lowest BCUT2D eigenvalue weighted by atomic mass is 10.0. The largest absolute Gasteiger partial charge is 0.345 e. The predicted molar refractivity (Wildman–Crippen MR) is 90.7 cm³/mol. The zero-order chi connectivity index (χ0) is 15.2. The van der Waals surface area contributed by atoms with Crippen molar-refractivity contribution in [2.45, 2.75) is 25.8 Å². The lowest BCUT2D eigenvalue weighted by molar-refractivity contribution is 0.0933. The zero-order valence-corrected chi connectivity index (χ0v) is 14.1. The number of carbonyl (C=O) groups is 1. The summed E-state index contributed by atoms with van der Waals surface area (Å²) < 4.78 is 0.704. The number of hydrogen-bond acceptors (Lipinski definition) is 1. The van der Waals surface area contributed by atoms with E-state index >= 15 is 0 Å². The molecule has 4 heteroatoms. The second kappa shape index (κ2) is 7.62. The van der Waals surface area contributed by atoms with E-state index in [0.717, 1.165) is 18.4 Å². The van der Waals surface area contributed by atoms with E-state index in [-0.39, 0.29) is 11.9 Å². The number of nitrogens with one attached hydrogen (secondary N) is 1. The molecule has 0 bridgehead atoms. The molecule has 2 rings (SSSR count). The summed E-state index contributed by atoms with van der Waals surface area (Å²) >= 11 is 9.30. The minimum Gasteiger partial charge on any atom is -0.345 e. The number of benzene rings is 2. The van der Waals surface area contributed by atoms with Crippen molar-refractivity contribution in [3.8, 4) is 0 Å². The Balaban J connectivity index is 2.18. The van der Waals surface area contributed by atoms with Crippen molar-refractivity contribution in [2.24, 2.45) is 0 Å². The highest BCUT2D eigenvalue weighted by Gasteiger charge is 2.16. The number of halogens is 2. The molecular weight excluding hydrogens is 350 g/mol. The molecule has 0 aromatic heterocycles. The van der Waals surface area contributed by atoms with Crippen LogP contribution in [0.4, 0.5) is 0 Å².